The molecule has 0 bridgehead atoms. The Morgan fingerprint density at radius 2 is 1.80 bits per heavy atom. The molecule has 3 aromatic rings. The summed E-state index contributed by atoms with van der Waals surface area (Å²) >= 11 is 6.31. The molecular formula is C27H29ClN2O4S. The number of amides is 1. The molecule has 8 heteroatoms. The first-order chi connectivity index (χ1) is 16.5. The fraction of sp³-hybridized carbons (Fsp3) is 0.296. The SMILES string of the molecule is Cc1ccc2c(c1)OC(C)(C)CC2NC(=O)CN(c1cccc(Cl)c1C)S(=O)(=O)c1ccccc1. The van der Waals surface area contributed by atoms with Gasteiger partial charge in [-0.1, -0.05) is 48.0 Å². The largest absolute Gasteiger partial charge is 0.487 e. The number of carbonyl (C=O) groups excluding carboxylic acids is 1. The molecule has 0 spiro atoms. The van der Waals surface area contributed by atoms with Crippen molar-refractivity contribution in [2.75, 3.05) is 10.8 Å². The molecule has 184 valence electrons. The lowest BCUT2D eigenvalue weighted by Crippen LogP contribution is -2.45. The highest BCUT2D eigenvalue weighted by Gasteiger charge is 2.36. The van der Waals surface area contributed by atoms with Crippen LogP contribution in [0.5, 0.6) is 5.75 Å². The Labute approximate surface area is 211 Å². The van der Waals surface area contributed by atoms with Gasteiger partial charge in [0, 0.05) is 17.0 Å². The molecule has 1 aliphatic heterocycles. The summed E-state index contributed by atoms with van der Waals surface area (Å²) in [6.45, 7) is 7.27. The summed E-state index contributed by atoms with van der Waals surface area (Å²) in [6.07, 6.45) is 0.552. The van der Waals surface area contributed by atoms with Crippen molar-refractivity contribution in [3.63, 3.8) is 0 Å². The molecule has 1 amide bonds. The average Bonchev–Trinajstić information content (AvgIpc) is 2.79. The van der Waals surface area contributed by atoms with Crippen LogP contribution < -0.4 is 14.4 Å². The van der Waals surface area contributed by atoms with Crippen LogP contribution in [0.4, 0.5) is 5.69 Å². The third-order valence-corrected chi connectivity index (χ3v) is 8.27. The summed E-state index contributed by atoms with van der Waals surface area (Å²) in [4.78, 5) is 13.5. The van der Waals surface area contributed by atoms with Gasteiger partial charge in [0.25, 0.3) is 10.0 Å². The van der Waals surface area contributed by atoms with E-state index in [1.54, 1.807) is 43.3 Å². The minimum atomic E-state index is -4.03. The third-order valence-electron chi connectivity index (χ3n) is 6.09. The topological polar surface area (TPSA) is 75.7 Å². The zero-order valence-corrected chi connectivity index (χ0v) is 21.8. The highest BCUT2D eigenvalue weighted by Crippen LogP contribution is 2.40. The van der Waals surface area contributed by atoms with E-state index in [0.717, 1.165) is 21.2 Å². The predicted octanol–water partition coefficient (Wildman–Crippen LogP) is 5.57. The van der Waals surface area contributed by atoms with Crippen LogP contribution in [0.25, 0.3) is 0 Å². The van der Waals surface area contributed by atoms with E-state index in [-0.39, 0.29) is 10.9 Å². The van der Waals surface area contributed by atoms with Gasteiger partial charge < -0.3 is 10.1 Å². The normalized spacial score (nSPS) is 16.7. The monoisotopic (exact) mass is 512 g/mol. The lowest BCUT2D eigenvalue weighted by molar-refractivity contribution is -0.120. The second-order valence-electron chi connectivity index (χ2n) is 9.44. The summed E-state index contributed by atoms with van der Waals surface area (Å²) < 4.78 is 34.5. The lowest BCUT2D eigenvalue weighted by atomic mass is 9.89. The summed E-state index contributed by atoms with van der Waals surface area (Å²) in [5.41, 5.74) is 2.38. The molecule has 4 rings (SSSR count). The molecule has 1 N–H and O–H groups in total. The van der Waals surface area contributed by atoms with Gasteiger partial charge in [-0.2, -0.15) is 0 Å². The first-order valence-electron chi connectivity index (χ1n) is 11.4. The Kier molecular flexibility index (Phi) is 6.84. The van der Waals surface area contributed by atoms with Gasteiger partial charge in [-0.3, -0.25) is 9.10 Å². The number of anilines is 1. The van der Waals surface area contributed by atoms with Crippen LogP contribution in [0.3, 0.4) is 0 Å². The zero-order valence-electron chi connectivity index (χ0n) is 20.2. The molecule has 0 aromatic heterocycles. The van der Waals surface area contributed by atoms with E-state index in [4.69, 9.17) is 16.3 Å². The quantitative estimate of drug-likeness (QED) is 0.468. The van der Waals surface area contributed by atoms with E-state index in [1.165, 1.54) is 12.1 Å². The van der Waals surface area contributed by atoms with Crippen LogP contribution in [0, 0.1) is 13.8 Å². The van der Waals surface area contributed by atoms with Gasteiger partial charge >= 0.3 is 0 Å². The van der Waals surface area contributed by atoms with Crippen LogP contribution in [-0.2, 0) is 14.8 Å². The molecule has 0 radical (unpaired) electrons. The van der Waals surface area contributed by atoms with Gasteiger partial charge in [0.2, 0.25) is 5.91 Å². The second-order valence-corrected chi connectivity index (χ2v) is 11.7. The van der Waals surface area contributed by atoms with Gasteiger partial charge in [-0.15, -0.1) is 0 Å². The van der Waals surface area contributed by atoms with Gasteiger partial charge in [0.1, 0.15) is 17.9 Å². The molecule has 0 saturated heterocycles. The summed E-state index contributed by atoms with van der Waals surface area (Å²) in [6, 6.07) is 18.7. The molecule has 1 unspecified atom stereocenters. The number of nitrogens with zero attached hydrogens (tertiary/aromatic N) is 1. The van der Waals surface area contributed by atoms with E-state index < -0.39 is 28.1 Å². The number of fused-ring (bicyclic) bond motifs is 1. The first kappa shape index (κ1) is 25.1. The number of benzene rings is 3. The molecule has 35 heavy (non-hydrogen) atoms. The van der Waals surface area contributed by atoms with Crippen molar-refractivity contribution >= 4 is 33.2 Å². The summed E-state index contributed by atoms with van der Waals surface area (Å²) in [5, 5.41) is 3.47. The maximum atomic E-state index is 13.6. The zero-order chi connectivity index (χ0) is 25.4. The van der Waals surface area contributed by atoms with Crippen molar-refractivity contribution in [2.45, 2.75) is 50.7 Å². The van der Waals surface area contributed by atoms with E-state index in [1.807, 2.05) is 39.0 Å². The van der Waals surface area contributed by atoms with E-state index in [2.05, 4.69) is 5.32 Å². The van der Waals surface area contributed by atoms with Gasteiger partial charge in [0.05, 0.1) is 16.6 Å². The molecule has 6 nitrogen and oxygen atoms in total. The average molecular weight is 513 g/mol. The van der Waals surface area contributed by atoms with Crippen LogP contribution in [0.15, 0.2) is 71.6 Å². The number of hydrogen-bond donors (Lipinski definition) is 1. The first-order valence-corrected chi connectivity index (χ1v) is 13.2. The van der Waals surface area contributed by atoms with Crippen molar-refractivity contribution in [2.24, 2.45) is 0 Å². The Balaban J connectivity index is 1.68. The maximum Gasteiger partial charge on any atom is 0.264 e. The lowest BCUT2D eigenvalue weighted by Gasteiger charge is -2.38. The Morgan fingerprint density at radius 1 is 1.09 bits per heavy atom. The predicted molar refractivity (Wildman–Crippen MR) is 139 cm³/mol. The number of sulfonamides is 1. The number of nitrogens with one attached hydrogen (secondary N) is 1. The minimum Gasteiger partial charge on any atom is -0.487 e. The minimum absolute atomic E-state index is 0.0974. The molecule has 1 atom stereocenters. The summed E-state index contributed by atoms with van der Waals surface area (Å²) in [5.74, 6) is 0.309. The number of carbonyl (C=O) groups is 1. The molecule has 3 aromatic carbocycles. The van der Waals surface area contributed by atoms with Crippen LogP contribution in [0.2, 0.25) is 5.02 Å². The van der Waals surface area contributed by atoms with Crippen molar-refractivity contribution in [1.29, 1.82) is 0 Å². The van der Waals surface area contributed by atoms with Gasteiger partial charge in [0.15, 0.2) is 0 Å². The second kappa shape index (κ2) is 9.55. The summed E-state index contributed by atoms with van der Waals surface area (Å²) in [7, 11) is -4.03. The Morgan fingerprint density at radius 3 is 2.51 bits per heavy atom. The van der Waals surface area contributed by atoms with Crippen molar-refractivity contribution in [1.82, 2.24) is 5.32 Å². The van der Waals surface area contributed by atoms with Crippen LogP contribution >= 0.6 is 11.6 Å². The number of halogens is 1. The Hall–Kier alpha value is -3.03. The van der Waals surface area contributed by atoms with E-state index >= 15 is 0 Å². The number of hydrogen-bond acceptors (Lipinski definition) is 4. The molecule has 1 aliphatic rings. The molecule has 0 saturated carbocycles. The number of rotatable bonds is 6. The maximum absolute atomic E-state index is 13.6. The van der Waals surface area contributed by atoms with E-state index in [0.29, 0.717) is 22.7 Å². The highest BCUT2D eigenvalue weighted by atomic mass is 35.5. The molecule has 0 aliphatic carbocycles. The fourth-order valence-electron chi connectivity index (χ4n) is 4.34. The van der Waals surface area contributed by atoms with E-state index in [9.17, 15) is 13.2 Å². The third kappa shape index (κ3) is 5.31. The smallest absolute Gasteiger partial charge is 0.264 e. The number of aryl methyl sites for hydroxylation is 1. The standard InChI is InChI=1S/C27H29ClN2O4S/c1-18-13-14-21-23(16-27(3,4)34-25(21)15-18)29-26(31)17-30(24-12-8-11-22(28)19(24)2)35(32,33)20-9-6-5-7-10-20/h5-15,23H,16-17H2,1-4H3,(H,29,31). The Bertz CT molecular complexity index is 1360. The molecule has 0 fully saturated rings. The van der Waals surface area contributed by atoms with Crippen molar-refractivity contribution < 1.29 is 17.9 Å². The van der Waals surface area contributed by atoms with Gasteiger partial charge in [-0.05, 0) is 69.2 Å². The highest BCUT2D eigenvalue weighted by molar-refractivity contribution is 7.92. The molecular weight excluding hydrogens is 484 g/mol. The van der Waals surface area contributed by atoms with Crippen LogP contribution in [-0.4, -0.2) is 26.5 Å². The fourth-order valence-corrected chi connectivity index (χ4v) is 6.01. The van der Waals surface area contributed by atoms with Crippen LogP contribution in [0.1, 0.15) is 43.0 Å². The molecule has 1 heterocycles. The van der Waals surface area contributed by atoms with Crippen molar-refractivity contribution in [3.8, 4) is 5.75 Å². The van der Waals surface area contributed by atoms with Crippen molar-refractivity contribution in [3.05, 3.63) is 88.4 Å². The number of ether oxygens (including phenoxy) is 1. The van der Waals surface area contributed by atoms with Gasteiger partial charge in [-0.25, -0.2) is 8.42 Å².